The zero-order valence-electron chi connectivity index (χ0n) is 24.3. The summed E-state index contributed by atoms with van der Waals surface area (Å²) in [6.07, 6.45) is 3.21. The molecule has 4 rings (SSSR count). The van der Waals surface area contributed by atoms with Crippen LogP contribution in [0, 0.1) is 0 Å². The quantitative estimate of drug-likeness (QED) is 0.459. The first-order valence-electron chi connectivity index (χ1n) is 13.3. The molecular weight excluding hydrogens is 411 g/mol. The van der Waals surface area contributed by atoms with Crippen LogP contribution in [0.25, 0.3) is 6.08 Å². The minimum absolute atomic E-state index is 0. The van der Waals surface area contributed by atoms with Crippen molar-refractivity contribution in [3.05, 3.63) is 114 Å². The highest BCUT2D eigenvalue weighted by molar-refractivity contribution is 5.85. The molecule has 0 spiro atoms. The summed E-state index contributed by atoms with van der Waals surface area (Å²) >= 11 is 0. The van der Waals surface area contributed by atoms with Crippen LogP contribution in [0.1, 0.15) is 33.7 Å². The van der Waals surface area contributed by atoms with Crippen molar-refractivity contribution < 1.29 is 11.0 Å². The maximum Gasteiger partial charge on any atom is 0.0602 e. The van der Waals surface area contributed by atoms with E-state index in [1.165, 1.54) is 6.08 Å². The molecule has 0 unspecified atom stereocenters. The molecule has 0 atom stereocenters. The number of piperazine rings is 1. The van der Waals surface area contributed by atoms with E-state index in [0.717, 1.165) is 10.5 Å². The molecule has 0 N–H and O–H groups in total. The predicted molar refractivity (Wildman–Crippen MR) is 133 cm³/mol. The summed E-state index contributed by atoms with van der Waals surface area (Å²) in [4.78, 5) is 1.37. The lowest BCUT2D eigenvalue weighted by Gasteiger charge is -2.39. The molecule has 0 aromatic heterocycles. The normalized spacial score (nSPS) is 25.6. The summed E-state index contributed by atoms with van der Waals surface area (Å²) in [6.45, 7) is -11.9. The molecular formula is C26H30Cl2N2. The second kappa shape index (κ2) is 12.6. The van der Waals surface area contributed by atoms with E-state index in [4.69, 9.17) is 11.0 Å². The zero-order chi connectivity index (χ0) is 26.2. The highest BCUT2D eigenvalue weighted by atomic mass is 35.5. The molecule has 3 aromatic rings. The van der Waals surface area contributed by atoms with Gasteiger partial charge in [0.15, 0.2) is 0 Å². The van der Waals surface area contributed by atoms with Gasteiger partial charge in [-0.1, -0.05) is 103 Å². The van der Waals surface area contributed by atoms with Crippen molar-refractivity contribution in [2.24, 2.45) is 0 Å². The Morgan fingerprint density at radius 2 is 1.17 bits per heavy atom. The average Bonchev–Trinajstić information content (AvgIpc) is 2.85. The molecule has 30 heavy (non-hydrogen) atoms. The van der Waals surface area contributed by atoms with Gasteiger partial charge in [0.1, 0.15) is 0 Å². The van der Waals surface area contributed by atoms with Crippen molar-refractivity contribution in [2.45, 2.75) is 6.04 Å². The molecule has 2 nitrogen and oxygen atoms in total. The molecule has 1 aliphatic rings. The van der Waals surface area contributed by atoms with E-state index in [2.05, 4.69) is 0 Å². The van der Waals surface area contributed by atoms with Gasteiger partial charge in [-0.3, -0.25) is 9.80 Å². The van der Waals surface area contributed by atoms with E-state index in [1.807, 2.05) is 30.3 Å². The molecule has 1 aliphatic heterocycles. The third-order valence-corrected chi connectivity index (χ3v) is 4.50. The van der Waals surface area contributed by atoms with E-state index in [9.17, 15) is 0 Å². The Kier molecular flexibility index (Phi) is 6.21. The Morgan fingerprint density at radius 1 is 0.700 bits per heavy atom. The van der Waals surface area contributed by atoms with E-state index in [-0.39, 0.29) is 31.4 Å². The van der Waals surface area contributed by atoms with Gasteiger partial charge >= 0.3 is 0 Å². The number of hydrogen-bond acceptors (Lipinski definition) is 2. The maximum atomic E-state index is 8.92. The third kappa shape index (κ3) is 6.45. The van der Waals surface area contributed by atoms with Crippen molar-refractivity contribution >= 4 is 30.9 Å². The van der Waals surface area contributed by atoms with Crippen molar-refractivity contribution in [2.75, 3.05) is 32.5 Å². The summed E-state index contributed by atoms with van der Waals surface area (Å²) in [5.74, 6) is 0. The molecule has 1 fully saturated rings. The molecule has 0 bridgehead atoms. The smallest absolute Gasteiger partial charge is 0.0602 e. The van der Waals surface area contributed by atoms with Crippen LogP contribution >= 0.6 is 24.8 Å². The average molecular weight is 449 g/mol. The fourth-order valence-electron chi connectivity index (χ4n) is 3.12. The van der Waals surface area contributed by atoms with Gasteiger partial charge in [-0.25, -0.2) is 0 Å². The first-order chi connectivity index (χ1) is 16.9. The monoisotopic (exact) mass is 448 g/mol. The Bertz CT molecular complexity index is 1130. The van der Waals surface area contributed by atoms with Gasteiger partial charge in [0.05, 0.1) is 6.04 Å². The minimum atomic E-state index is -2.92. The minimum Gasteiger partial charge on any atom is -0.297 e. The van der Waals surface area contributed by atoms with E-state index in [0.29, 0.717) is 16.0 Å². The lowest BCUT2D eigenvalue weighted by molar-refractivity contribution is 0.118. The van der Waals surface area contributed by atoms with Crippen molar-refractivity contribution in [3.8, 4) is 0 Å². The van der Waals surface area contributed by atoms with Crippen LogP contribution in [-0.4, -0.2) is 42.3 Å². The zero-order valence-corrected chi connectivity index (χ0v) is 17.9. The van der Waals surface area contributed by atoms with Gasteiger partial charge < -0.3 is 0 Å². The topological polar surface area (TPSA) is 6.48 Å². The lowest BCUT2D eigenvalue weighted by atomic mass is 9.96. The molecule has 0 aliphatic carbocycles. The van der Waals surface area contributed by atoms with Gasteiger partial charge in [0.25, 0.3) is 0 Å². The molecule has 4 heteroatoms. The first-order valence-corrected chi connectivity index (χ1v) is 9.31. The summed E-state index contributed by atoms with van der Waals surface area (Å²) < 4.78 is 70.8. The van der Waals surface area contributed by atoms with Crippen LogP contribution < -0.4 is 0 Å². The van der Waals surface area contributed by atoms with Crippen molar-refractivity contribution in [3.63, 3.8) is 0 Å². The van der Waals surface area contributed by atoms with Crippen LogP contribution in [0.5, 0.6) is 0 Å². The molecule has 1 heterocycles. The summed E-state index contributed by atoms with van der Waals surface area (Å²) in [5.41, 5.74) is 1.87. The molecule has 0 saturated carbocycles. The molecule has 3 aromatic carbocycles. The molecule has 1 saturated heterocycles. The Labute approximate surface area is 204 Å². The number of hydrogen-bond donors (Lipinski definition) is 0. The largest absolute Gasteiger partial charge is 0.297 e. The van der Waals surface area contributed by atoms with Crippen LogP contribution in [0.4, 0.5) is 0 Å². The number of halogens is 2. The van der Waals surface area contributed by atoms with Gasteiger partial charge in [-0.2, -0.15) is 0 Å². The predicted octanol–water partition coefficient (Wildman–Crippen LogP) is 5.95. The summed E-state index contributed by atoms with van der Waals surface area (Å²) in [5, 5.41) is 0. The highest BCUT2D eigenvalue weighted by Crippen LogP contribution is 2.29. The SMILES string of the molecule is Cl.Cl.[2H]C1([2H])N(C/C=C/c2ccccc2)C([2H])([2H])C([2H])([2H])N(C(c2ccccc2)c2ccccc2)C1([2H])[2H]. The van der Waals surface area contributed by atoms with Crippen LogP contribution in [-0.2, 0) is 0 Å². The fourth-order valence-corrected chi connectivity index (χ4v) is 3.12. The number of benzene rings is 3. The maximum absolute atomic E-state index is 8.92. The van der Waals surface area contributed by atoms with Crippen LogP contribution in [0.3, 0.4) is 0 Å². The number of rotatable bonds is 6. The second-order valence-electron chi connectivity index (χ2n) is 6.46. The standard InChI is InChI=1S/C26H28N2.2ClH/c1-4-11-23(12-5-1)13-10-18-27-19-21-28(22-20-27)26(24-14-6-2-7-15-24)25-16-8-3-9-17-25;;/h1-17,26H,18-22H2;2*1H/b13-10+;;/i19D2,20D2,21D2,22D2;;. The third-order valence-electron chi connectivity index (χ3n) is 4.50. The second-order valence-corrected chi connectivity index (χ2v) is 6.46. The van der Waals surface area contributed by atoms with E-state index < -0.39 is 32.0 Å². The van der Waals surface area contributed by atoms with Gasteiger partial charge in [0, 0.05) is 43.5 Å². The Balaban J connectivity index is 0.00000253. The number of nitrogens with zero attached hydrogens (tertiary/aromatic N) is 2. The summed E-state index contributed by atoms with van der Waals surface area (Å²) in [6, 6.07) is 25.5. The van der Waals surface area contributed by atoms with Gasteiger partial charge in [-0.15, -0.1) is 24.8 Å². The van der Waals surface area contributed by atoms with Crippen LogP contribution in [0.2, 0.25) is 0 Å². The van der Waals surface area contributed by atoms with Crippen molar-refractivity contribution in [1.29, 1.82) is 0 Å². The molecule has 0 radical (unpaired) electrons. The van der Waals surface area contributed by atoms with E-state index >= 15 is 0 Å². The van der Waals surface area contributed by atoms with Gasteiger partial charge in [0.2, 0.25) is 0 Å². The van der Waals surface area contributed by atoms with Crippen LogP contribution in [0.15, 0.2) is 97.1 Å². The first kappa shape index (κ1) is 14.8. The summed E-state index contributed by atoms with van der Waals surface area (Å²) in [7, 11) is 0. The molecule has 0 amide bonds. The van der Waals surface area contributed by atoms with E-state index in [1.54, 1.807) is 66.7 Å². The Morgan fingerprint density at radius 3 is 1.67 bits per heavy atom. The molecule has 158 valence electrons. The highest BCUT2D eigenvalue weighted by Gasteiger charge is 2.25. The lowest BCUT2D eigenvalue weighted by Crippen LogP contribution is -2.47. The van der Waals surface area contributed by atoms with Gasteiger partial charge in [-0.05, 0) is 16.7 Å². The Hall–Kier alpha value is -2.10. The van der Waals surface area contributed by atoms with Crippen molar-refractivity contribution in [1.82, 2.24) is 9.80 Å². The fraction of sp³-hybridized carbons (Fsp3) is 0.231.